The van der Waals surface area contributed by atoms with Gasteiger partial charge in [0.25, 0.3) is 5.91 Å². The zero-order chi connectivity index (χ0) is 18.1. The number of aromatic nitrogens is 2. The number of hydrogen-bond acceptors (Lipinski definition) is 7. The third-order valence-electron chi connectivity index (χ3n) is 4.54. The molecule has 3 heterocycles. The number of nitrogens with one attached hydrogen (secondary N) is 1. The molecule has 0 spiro atoms. The van der Waals surface area contributed by atoms with Gasteiger partial charge in [0.1, 0.15) is 18.3 Å². The second-order valence-electron chi connectivity index (χ2n) is 6.34. The first kappa shape index (κ1) is 16.6. The lowest BCUT2D eigenvalue weighted by molar-refractivity contribution is -0.135. The molecule has 2 atom stereocenters. The van der Waals surface area contributed by atoms with Crippen LogP contribution in [0.3, 0.4) is 0 Å². The van der Waals surface area contributed by atoms with Gasteiger partial charge in [-0.3, -0.25) is 4.79 Å². The molecule has 2 aliphatic heterocycles. The highest BCUT2D eigenvalue weighted by Gasteiger charge is 2.40. The van der Waals surface area contributed by atoms with Crippen LogP contribution in [0.1, 0.15) is 36.7 Å². The quantitative estimate of drug-likeness (QED) is 0.877. The van der Waals surface area contributed by atoms with Crippen LogP contribution in [0.5, 0.6) is 5.75 Å². The molecule has 2 unspecified atom stereocenters. The van der Waals surface area contributed by atoms with E-state index < -0.39 is 0 Å². The van der Waals surface area contributed by atoms with Crippen LogP contribution >= 0.6 is 0 Å². The molecule has 4 rings (SSSR count). The minimum atomic E-state index is -0.249. The van der Waals surface area contributed by atoms with Crippen LogP contribution in [0, 0.1) is 6.92 Å². The van der Waals surface area contributed by atoms with Gasteiger partial charge in [-0.15, -0.1) is 0 Å². The van der Waals surface area contributed by atoms with Crippen molar-refractivity contribution in [3.8, 4) is 5.75 Å². The number of hydrazine groups is 1. The Labute approximate surface area is 151 Å². The van der Waals surface area contributed by atoms with Crippen LogP contribution < -0.4 is 10.2 Å². The number of ether oxygens (including phenoxy) is 1. The number of rotatable bonds is 5. The maximum atomic E-state index is 12.8. The average molecular weight is 355 g/mol. The van der Waals surface area contributed by atoms with E-state index in [9.17, 15) is 4.79 Å². The normalized spacial score (nSPS) is 22.0. The highest BCUT2D eigenvalue weighted by atomic mass is 16.5. The molecule has 8 heteroatoms. The Balaban J connectivity index is 1.44. The molecule has 1 N–H and O–H groups in total. The highest BCUT2D eigenvalue weighted by molar-refractivity contribution is 5.84. The second-order valence-corrected chi connectivity index (χ2v) is 6.34. The van der Waals surface area contributed by atoms with Crippen molar-refractivity contribution in [3.63, 3.8) is 0 Å². The first-order valence-corrected chi connectivity index (χ1v) is 8.69. The third kappa shape index (κ3) is 3.15. The molecule has 0 bridgehead atoms. The largest absolute Gasteiger partial charge is 0.494 e. The number of hydrogen-bond donors (Lipinski definition) is 1. The van der Waals surface area contributed by atoms with E-state index in [1.165, 1.54) is 0 Å². The van der Waals surface area contributed by atoms with Gasteiger partial charge in [-0.25, -0.2) is 5.43 Å². The maximum Gasteiger partial charge on any atom is 0.251 e. The lowest BCUT2D eigenvalue weighted by Crippen LogP contribution is -2.47. The van der Waals surface area contributed by atoms with E-state index in [4.69, 9.17) is 9.26 Å². The van der Waals surface area contributed by atoms with Crippen molar-refractivity contribution < 1.29 is 14.1 Å². The Morgan fingerprint density at radius 3 is 2.81 bits per heavy atom. The molecule has 26 heavy (non-hydrogen) atoms. The Bertz CT molecular complexity index is 816. The molecule has 1 aromatic heterocycles. The van der Waals surface area contributed by atoms with E-state index in [2.05, 4.69) is 15.6 Å². The minimum Gasteiger partial charge on any atom is -0.494 e. The summed E-state index contributed by atoms with van der Waals surface area (Å²) < 4.78 is 10.6. The second kappa shape index (κ2) is 6.80. The molecule has 1 saturated heterocycles. The Morgan fingerprint density at radius 1 is 1.31 bits per heavy atom. The van der Waals surface area contributed by atoms with Crippen LogP contribution in [-0.2, 0) is 11.3 Å². The third-order valence-corrected chi connectivity index (χ3v) is 4.54. The number of carbonyl (C=O) groups is 1. The molecule has 1 aromatic carbocycles. The van der Waals surface area contributed by atoms with Crippen LogP contribution in [-0.4, -0.2) is 38.6 Å². The van der Waals surface area contributed by atoms with Crippen molar-refractivity contribution in [1.29, 1.82) is 0 Å². The van der Waals surface area contributed by atoms with Crippen molar-refractivity contribution in [2.75, 3.05) is 6.61 Å². The van der Waals surface area contributed by atoms with Gasteiger partial charge >= 0.3 is 0 Å². The Morgan fingerprint density at radius 2 is 2.12 bits per heavy atom. The zero-order valence-corrected chi connectivity index (χ0v) is 14.8. The summed E-state index contributed by atoms with van der Waals surface area (Å²) in [5.41, 5.74) is 4.51. The predicted molar refractivity (Wildman–Crippen MR) is 92.5 cm³/mol. The summed E-state index contributed by atoms with van der Waals surface area (Å²) in [7, 11) is 0. The lowest BCUT2D eigenvalue weighted by Gasteiger charge is -2.30. The molecular weight excluding hydrogens is 334 g/mol. The van der Waals surface area contributed by atoms with Crippen molar-refractivity contribution in [2.45, 2.75) is 38.9 Å². The van der Waals surface area contributed by atoms with Gasteiger partial charge in [0.15, 0.2) is 5.82 Å². The van der Waals surface area contributed by atoms with E-state index in [1.54, 1.807) is 18.0 Å². The fourth-order valence-corrected chi connectivity index (χ4v) is 3.30. The summed E-state index contributed by atoms with van der Waals surface area (Å²) in [4.78, 5) is 18.6. The van der Waals surface area contributed by atoms with Crippen molar-refractivity contribution in [1.82, 2.24) is 25.5 Å². The molecule has 1 amide bonds. The van der Waals surface area contributed by atoms with Crippen molar-refractivity contribution in [3.05, 3.63) is 53.9 Å². The number of fused-ring (bicyclic) bond motifs is 1. The SMILES string of the molecule is CCOc1ccc(C2CC3C(=O)N(Cc4nc(C)no4)C=CN3N2)cc1. The van der Waals surface area contributed by atoms with Crippen molar-refractivity contribution in [2.24, 2.45) is 0 Å². The van der Waals surface area contributed by atoms with E-state index in [1.807, 2.05) is 42.4 Å². The minimum absolute atomic E-state index is 0.0179. The summed E-state index contributed by atoms with van der Waals surface area (Å²) in [5, 5.41) is 5.64. The highest BCUT2D eigenvalue weighted by Crippen LogP contribution is 2.31. The van der Waals surface area contributed by atoms with Gasteiger partial charge in [0, 0.05) is 12.4 Å². The molecule has 2 aliphatic rings. The molecular formula is C18H21N5O3. The van der Waals surface area contributed by atoms with Gasteiger partial charge in [-0.1, -0.05) is 17.3 Å². The van der Waals surface area contributed by atoms with Crippen molar-refractivity contribution >= 4 is 5.91 Å². The van der Waals surface area contributed by atoms with Crippen LogP contribution in [0.15, 0.2) is 41.2 Å². The fraction of sp³-hybridized carbons (Fsp3) is 0.389. The molecule has 0 aliphatic carbocycles. The van der Waals surface area contributed by atoms with Gasteiger partial charge in [-0.05, 0) is 38.0 Å². The standard InChI is InChI=1S/C18H21N5O3/c1-3-25-14-6-4-13(5-7-14)15-10-16-18(24)22(8-9-23(16)20-15)11-17-19-12(2)21-26-17/h4-9,15-16,20H,3,10-11H2,1-2H3. The summed E-state index contributed by atoms with van der Waals surface area (Å²) >= 11 is 0. The first-order valence-electron chi connectivity index (χ1n) is 8.69. The molecule has 8 nitrogen and oxygen atoms in total. The average Bonchev–Trinajstić information content (AvgIpc) is 3.25. The van der Waals surface area contributed by atoms with Gasteiger partial charge in [0.2, 0.25) is 5.89 Å². The van der Waals surface area contributed by atoms with Gasteiger partial charge in [-0.2, -0.15) is 4.98 Å². The first-order chi connectivity index (χ1) is 12.6. The summed E-state index contributed by atoms with van der Waals surface area (Å²) in [5.74, 6) is 1.87. The van der Waals surface area contributed by atoms with E-state index >= 15 is 0 Å². The molecule has 0 saturated carbocycles. The van der Waals surface area contributed by atoms with Gasteiger partial charge in [0.05, 0.1) is 12.6 Å². The number of aryl methyl sites for hydroxylation is 1. The smallest absolute Gasteiger partial charge is 0.251 e. The monoisotopic (exact) mass is 355 g/mol. The summed E-state index contributed by atoms with van der Waals surface area (Å²) in [6.07, 6.45) is 4.31. The topological polar surface area (TPSA) is 83.7 Å². The van der Waals surface area contributed by atoms with Crippen LogP contribution in [0.2, 0.25) is 0 Å². The summed E-state index contributed by atoms with van der Waals surface area (Å²) in [6.45, 7) is 4.65. The van der Waals surface area contributed by atoms with E-state index in [0.29, 0.717) is 24.7 Å². The predicted octanol–water partition coefficient (Wildman–Crippen LogP) is 1.91. The van der Waals surface area contributed by atoms with E-state index in [0.717, 1.165) is 11.3 Å². The molecule has 1 fully saturated rings. The summed E-state index contributed by atoms with van der Waals surface area (Å²) in [6, 6.07) is 7.82. The molecule has 2 aromatic rings. The number of nitrogens with zero attached hydrogens (tertiary/aromatic N) is 4. The van der Waals surface area contributed by atoms with Crippen LogP contribution in [0.25, 0.3) is 0 Å². The van der Waals surface area contributed by atoms with Crippen LogP contribution in [0.4, 0.5) is 0 Å². The number of amides is 1. The zero-order valence-electron chi connectivity index (χ0n) is 14.8. The lowest BCUT2D eigenvalue weighted by atomic mass is 10.0. The maximum absolute atomic E-state index is 12.8. The Hall–Kier alpha value is -2.87. The Kier molecular flexibility index (Phi) is 4.34. The molecule has 136 valence electrons. The van der Waals surface area contributed by atoms with Gasteiger partial charge < -0.3 is 19.2 Å². The number of carbonyl (C=O) groups excluding carboxylic acids is 1. The molecule has 0 radical (unpaired) electrons. The fourth-order valence-electron chi connectivity index (χ4n) is 3.30. The number of benzene rings is 1. The van der Waals surface area contributed by atoms with E-state index in [-0.39, 0.29) is 24.5 Å².